The van der Waals surface area contributed by atoms with Crippen LogP contribution in [-0.4, -0.2) is 17.0 Å². The molecule has 0 radical (unpaired) electrons. The summed E-state index contributed by atoms with van der Waals surface area (Å²) in [4.78, 5) is 11.9. The number of fused-ring (bicyclic) bond motifs is 1. The van der Waals surface area contributed by atoms with E-state index >= 15 is 0 Å². The number of benzene rings is 1. The van der Waals surface area contributed by atoms with Crippen molar-refractivity contribution < 1.29 is 4.79 Å². The number of nitrogens with zero attached hydrogens (tertiary/aromatic N) is 1. The smallest absolute Gasteiger partial charge is 0.239 e. The normalized spacial score (nSPS) is 14.8. The van der Waals surface area contributed by atoms with E-state index in [1.165, 1.54) is 12.8 Å². The average Bonchev–Trinajstić information content (AvgIpc) is 3.18. The van der Waals surface area contributed by atoms with Crippen LogP contribution in [-0.2, 0) is 17.9 Å². The highest BCUT2D eigenvalue weighted by Gasteiger charge is 2.21. The van der Waals surface area contributed by atoms with E-state index in [0.29, 0.717) is 19.0 Å². The van der Waals surface area contributed by atoms with Crippen molar-refractivity contribution in [3.63, 3.8) is 0 Å². The predicted molar refractivity (Wildman–Crippen MR) is 75.6 cm³/mol. The van der Waals surface area contributed by atoms with Crippen LogP contribution in [0.1, 0.15) is 18.4 Å². The number of nitrogens with one attached hydrogen (secondary N) is 1. The van der Waals surface area contributed by atoms with Gasteiger partial charge in [-0.2, -0.15) is 0 Å². The van der Waals surface area contributed by atoms with Gasteiger partial charge in [0.25, 0.3) is 0 Å². The third-order valence-corrected chi connectivity index (χ3v) is 3.69. The molecule has 1 aliphatic rings. The van der Waals surface area contributed by atoms with Crippen LogP contribution in [0.15, 0.2) is 30.5 Å². The standard InChI is InChI=1S/C15H19N3O/c16-8-13-3-1-2-12-6-7-18(15(12)13)10-14(19)17-9-11-4-5-11/h1-3,6-7,11H,4-5,8-10,16H2,(H,17,19). The number of rotatable bonds is 5. The Morgan fingerprint density at radius 2 is 2.21 bits per heavy atom. The Balaban J connectivity index is 1.77. The summed E-state index contributed by atoms with van der Waals surface area (Å²) in [6, 6.07) is 8.10. The summed E-state index contributed by atoms with van der Waals surface area (Å²) in [5.74, 6) is 0.793. The van der Waals surface area contributed by atoms with Crippen molar-refractivity contribution >= 4 is 16.8 Å². The number of amides is 1. The lowest BCUT2D eigenvalue weighted by Crippen LogP contribution is -2.29. The van der Waals surface area contributed by atoms with Crippen molar-refractivity contribution in [2.24, 2.45) is 11.7 Å². The highest BCUT2D eigenvalue weighted by atomic mass is 16.1. The third-order valence-electron chi connectivity index (χ3n) is 3.69. The zero-order chi connectivity index (χ0) is 13.2. The molecular weight excluding hydrogens is 238 g/mol. The first-order valence-electron chi connectivity index (χ1n) is 6.81. The Hall–Kier alpha value is -1.81. The van der Waals surface area contributed by atoms with Crippen LogP contribution in [0.2, 0.25) is 0 Å². The maximum absolute atomic E-state index is 11.9. The van der Waals surface area contributed by atoms with Crippen LogP contribution >= 0.6 is 0 Å². The molecule has 1 fully saturated rings. The van der Waals surface area contributed by atoms with Crippen molar-refractivity contribution in [1.82, 2.24) is 9.88 Å². The first-order chi connectivity index (χ1) is 9.28. The van der Waals surface area contributed by atoms with Crippen molar-refractivity contribution in [2.75, 3.05) is 6.54 Å². The highest BCUT2D eigenvalue weighted by Crippen LogP contribution is 2.27. The van der Waals surface area contributed by atoms with Gasteiger partial charge in [-0.1, -0.05) is 18.2 Å². The average molecular weight is 257 g/mol. The summed E-state index contributed by atoms with van der Waals surface area (Å²) in [5.41, 5.74) is 7.92. The van der Waals surface area contributed by atoms with E-state index in [-0.39, 0.29) is 5.91 Å². The van der Waals surface area contributed by atoms with E-state index < -0.39 is 0 Å². The summed E-state index contributed by atoms with van der Waals surface area (Å²) in [5, 5.41) is 4.13. The lowest BCUT2D eigenvalue weighted by molar-refractivity contribution is -0.121. The fraction of sp³-hybridized carbons (Fsp3) is 0.400. The van der Waals surface area contributed by atoms with Crippen LogP contribution in [0, 0.1) is 5.92 Å². The van der Waals surface area contributed by atoms with E-state index in [1.807, 2.05) is 35.0 Å². The van der Waals surface area contributed by atoms with Gasteiger partial charge in [0.05, 0.1) is 5.52 Å². The molecule has 1 heterocycles. The zero-order valence-corrected chi connectivity index (χ0v) is 10.9. The van der Waals surface area contributed by atoms with Gasteiger partial charge < -0.3 is 15.6 Å². The Kier molecular flexibility index (Phi) is 3.25. The molecule has 2 aromatic rings. The molecule has 1 aromatic heterocycles. The summed E-state index contributed by atoms with van der Waals surface area (Å²) in [7, 11) is 0. The highest BCUT2D eigenvalue weighted by molar-refractivity contribution is 5.85. The van der Waals surface area contributed by atoms with Crippen LogP contribution in [0.3, 0.4) is 0 Å². The van der Waals surface area contributed by atoms with E-state index in [4.69, 9.17) is 5.73 Å². The summed E-state index contributed by atoms with van der Waals surface area (Å²) in [6.45, 7) is 1.68. The molecule has 0 saturated heterocycles. The van der Waals surface area contributed by atoms with Gasteiger partial charge >= 0.3 is 0 Å². The van der Waals surface area contributed by atoms with E-state index in [2.05, 4.69) is 5.32 Å². The number of hydrogen-bond donors (Lipinski definition) is 2. The quantitative estimate of drug-likeness (QED) is 0.855. The minimum absolute atomic E-state index is 0.0798. The summed E-state index contributed by atoms with van der Waals surface area (Å²) >= 11 is 0. The van der Waals surface area contributed by atoms with Crippen LogP contribution < -0.4 is 11.1 Å². The fourth-order valence-electron chi connectivity index (χ4n) is 2.43. The SMILES string of the molecule is NCc1cccc2ccn(CC(=O)NCC3CC3)c12. The first kappa shape index (κ1) is 12.2. The monoisotopic (exact) mass is 257 g/mol. The molecule has 100 valence electrons. The van der Waals surface area contributed by atoms with Crippen molar-refractivity contribution in [2.45, 2.75) is 25.9 Å². The van der Waals surface area contributed by atoms with Crippen molar-refractivity contribution in [1.29, 1.82) is 0 Å². The van der Waals surface area contributed by atoms with Crippen molar-refractivity contribution in [3.8, 4) is 0 Å². The second kappa shape index (κ2) is 5.05. The molecule has 0 spiro atoms. The second-order valence-corrected chi connectivity index (χ2v) is 5.25. The third kappa shape index (κ3) is 2.63. The summed E-state index contributed by atoms with van der Waals surface area (Å²) in [6.07, 6.45) is 4.47. The van der Waals surface area contributed by atoms with Gasteiger partial charge in [0.2, 0.25) is 5.91 Å². The summed E-state index contributed by atoms with van der Waals surface area (Å²) < 4.78 is 1.99. The van der Waals surface area contributed by atoms with Gasteiger partial charge in [0, 0.05) is 19.3 Å². The topological polar surface area (TPSA) is 60.0 Å². The van der Waals surface area contributed by atoms with Gasteiger partial charge in [0.1, 0.15) is 6.54 Å². The van der Waals surface area contributed by atoms with Gasteiger partial charge in [-0.05, 0) is 35.8 Å². The Bertz CT molecular complexity index is 598. The molecule has 1 aliphatic carbocycles. The molecule has 0 bridgehead atoms. The number of carbonyl (C=O) groups is 1. The minimum atomic E-state index is 0.0798. The molecule has 0 unspecified atom stereocenters. The Morgan fingerprint density at radius 1 is 1.37 bits per heavy atom. The fourth-order valence-corrected chi connectivity index (χ4v) is 2.43. The van der Waals surface area contributed by atoms with Gasteiger partial charge in [-0.25, -0.2) is 0 Å². The number of aromatic nitrogens is 1. The van der Waals surface area contributed by atoms with E-state index in [0.717, 1.165) is 23.0 Å². The number of carbonyl (C=O) groups excluding carboxylic acids is 1. The first-order valence-corrected chi connectivity index (χ1v) is 6.81. The van der Waals surface area contributed by atoms with Crippen LogP contribution in [0.4, 0.5) is 0 Å². The largest absolute Gasteiger partial charge is 0.354 e. The molecule has 1 saturated carbocycles. The van der Waals surface area contributed by atoms with Gasteiger partial charge in [-0.15, -0.1) is 0 Å². The van der Waals surface area contributed by atoms with E-state index in [1.54, 1.807) is 0 Å². The molecule has 0 aliphatic heterocycles. The molecule has 4 nitrogen and oxygen atoms in total. The maximum atomic E-state index is 11.9. The predicted octanol–water partition coefficient (Wildman–Crippen LogP) is 1.63. The second-order valence-electron chi connectivity index (χ2n) is 5.25. The van der Waals surface area contributed by atoms with Crippen LogP contribution in [0.25, 0.3) is 10.9 Å². The molecule has 4 heteroatoms. The molecule has 0 atom stereocenters. The van der Waals surface area contributed by atoms with E-state index in [9.17, 15) is 4.79 Å². The lowest BCUT2D eigenvalue weighted by atomic mass is 10.1. The number of nitrogens with two attached hydrogens (primary N) is 1. The molecule has 1 amide bonds. The van der Waals surface area contributed by atoms with Crippen molar-refractivity contribution in [3.05, 3.63) is 36.0 Å². The molecule has 3 rings (SSSR count). The maximum Gasteiger partial charge on any atom is 0.239 e. The Morgan fingerprint density at radius 3 is 2.95 bits per heavy atom. The molecule has 1 aromatic carbocycles. The molecule has 19 heavy (non-hydrogen) atoms. The minimum Gasteiger partial charge on any atom is -0.354 e. The Labute approximate surface area is 112 Å². The lowest BCUT2D eigenvalue weighted by Gasteiger charge is -2.09. The van der Waals surface area contributed by atoms with Gasteiger partial charge in [-0.3, -0.25) is 4.79 Å². The van der Waals surface area contributed by atoms with Crippen LogP contribution in [0.5, 0.6) is 0 Å². The number of para-hydroxylation sites is 1. The molecule has 3 N–H and O–H groups in total. The zero-order valence-electron chi connectivity index (χ0n) is 10.9. The number of hydrogen-bond acceptors (Lipinski definition) is 2. The van der Waals surface area contributed by atoms with Gasteiger partial charge in [0.15, 0.2) is 0 Å². The molecular formula is C15H19N3O.